The Morgan fingerprint density at radius 1 is 1.15 bits per heavy atom. The summed E-state index contributed by atoms with van der Waals surface area (Å²) in [6.07, 6.45) is 6.85. The van der Waals surface area contributed by atoms with E-state index in [0.29, 0.717) is 35.6 Å². The van der Waals surface area contributed by atoms with Crippen molar-refractivity contribution in [2.75, 3.05) is 20.1 Å². The monoisotopic (exact) mass is 464 g/mol. The molecule has 1 N–H and O–H groups in total. The number of benzene rings is 1. The maximum atomic E-state index is 13.5. The maximum Gasteiger partial charge on any atom is 0.278 e. The summed E-state index contributed by atoms with van der Waals surface area (Å²) in [5.74, 6) is -0.166. The SMILES string of the molecule is CC[C@H](C(=O)NCCN(C)C1CCCCC1)n1nc(C)c2nn(-c3ccccc3)c(C)c2c1=O. The van der Waals surface area contributed by atoms with Crippen molar-refractivity contribution in [1.29, 1.82) is 0 Å². The first-order valence-electron chi connectivity index (χ1n) is 12.4. The van der Waals surface area contributed by atoms with Crippen LogP contribution in [0.2, 0.25) is 0 Å². The molecule has 8 heteroatoms. The number of carbonyl (C=O) groups excluding carboxylic acids is 1. The summed E-state index contributed by atoms with van der Waals surface area (Å²) in [6, 6.07) is 9.67. The van der Waals surface area contributed by atoms with E-state index < -0.39 is 6.04 Å². The predicted molar refractivity (Wildman–Crippen MR) is 134 cm³/mol. The number of amides is 1. The Hall–Kier alpha value is -3.00. The molecular weight excluding hydrogens is 428 g/mol. The molecule has 182 valence electrons. The van der Waals surface area contributed by atoms with Gasteiger partial charge in [-0.25, -0.2) is 9.36 Å². The predicted octanol–water partition coefficient (Wildman–Crippen LogP) is 3.53. The van der Waals surface area contributed by atoms with Crippen molar-refractivity contribution in [3.8, 4) is 5.69 Å². The van der Waals surface area contributed by atoms with E-state index in [4.69, 9.17) is 0 Å². The summed E-state index contributed by atoms with van der Waals surface area (Å²) in [4.78, 5) is 28.9. The Morgan fingerprint density at radius 3 is 2.53 bits per heavy atom. The lowest BCUT2D eigenvalue weighted by Gasteiger charge is -2.31. The van der Waals surface area contributed by atoms with Crippen LogP contribution in [0.1, 0.15) is 62.9 Å². The summed E-state index contributed by atoms with van der Waals surface area (Å²) >= 11 is 0. The van der Waals surface area contributed by atoms with Gasteiger partial charge >= 0.3 is 0 Å². The number of likely N-dealkylation sites (N-methyl/N-ethyl adjacent to an activating group) is 1. The normalized spacial score (nSPS) is 15.7. The molecular formula is C26H36N6O2. The topological polar surface area (TPSA) is 85.1 Å². The number of hydrogen-bond acceptors (Lipinski definition) is 5. The molecule has 0 aliphatic heterocycles. The first-order valence-corrected chi connectivity index (χ1v) is 12.4. The zero-order valence-electron chi connectivity index (χ0n) is 20.8. The van der Waals surface area contributed by atoms with Gasteiger partial charge in [0.05, 0.1) is 22.5 Å². The van der Waals surface area contributed by atoms with Crippen LogP contribution in [0.5, 0.6) is 0 Å². The second kappa shape index (κ2) is 10.5. The molecule has 1 atom stereocenters. The molecule has 0 spiro atoms. The highest BCUT2D eigenvalue weighted by atomic mass is 16.2. The van der Waals surface area contributed by atoms with Gasteiger partial charge in [0.2, 0.25) is 5.91 Å². The van der Waals surface area contributed by atoms with Crippen LogP contribution < -0.4 is 10.9 Å². The quantitative estimate of drug-likeness (QED) is 0.551. The van der Waals surface area contributed by atoms with Crippen LogP contribution in [0, 0.1) is 13.8 Å². The van der Waals surface area contributed by atoms with Crippen molar-refractivity contribution >= 4 is 16.8 Å². The van der Waals surface area contributed by atoms with Gasteiger partial charge in [-0.15, -0.1) is 0 Å². The van der Waals surface area contributed by atoms with E-state index in [0.717, 1.165) is 17.9 Å². The molecule has 4 rings (SSSR count). The lowest BCUT2D eigenvalue weighted by molar-refractivity contribution is -0.124. The Balaban J connectivity index is 1.55. The lowest BCUT2D eigenvalue weighted by atomic mass is 9.94. The highest BCUT2D eigenvalue weighted by molar-refractivity contribution is 5.84. The van der Waals surface area contributed by atoms with E-state index in [1.54, 1.807) is 4.68 Å². The molecule has 0 bridgehead atoms. The lowest BCUT2D eigenvalue weighted by Crippen LogP contribution is -2.43. The van der Waals surface area contributed by atoms with Crippen molar-refractivity contribution in [3.63, 3.8) is 0 Å². The maximum absolute atomic E-state index is 13.5. The third kappa shape index (κ3) is 4.78. The fourth-order valence-electron chi connectivity index (χ4n) is 5.06. The summed E-state index contributed by atoms with van der Waals surface area (Å²) in [6.45, 7) is 6.99. The standard InChI is InChI=1S/C26H36N6O2/c1-5-22(25(33)27-16-17-30(4)20-12-8-6-9-13-20)32-26(34)23-19(3)31(21-14-10-7-11-15-21)29-24(23)18(2)28-32/h7,10-11,14-15,20,22H,5-6,8-9,12-13,16-17H2,1-4H3,(H,27,33)/t22-/m1/s1. The minimum atomic E-state index is -0.657. The molecule has 1 aromatic carbocycles. The number of nitrogens with one attached hydrogen (secondary N) is 1. The molecule has 0 radical (unpaired) electrons. The summed E-state index contributed by atoms with van der Waals surface area (Å²) in [5, 5.41) is 12.7. The van der Waals surface area contributed by atoms with Crippen LogP contribution in [0.25, 0.3) is 16.6 Å². The highest BCUT2D eigenvalue weighted by Crippen LogP contribution is 2.22. The van der Waals surface area contributed by atoms with Gasteiger partial charge in [0, 0.05) is 19.1 Å². The average Bonchev–Trinajstić information content (AvgIpc) is 3.21. The van der Waals surface area contributed by atoms with Crippen molar-refractivity contribution in [2.45, 2.75) is 71.4 Å². The van der Waals surface area contributed by atoms with Gasteiger partial charge in [-0.05, 0) is 52.3 Å². The van der Waals surface area contributed by atoms with E-state index in [1.807, 2.05) is 51.1 Å². The first-order chi connectivity index (χ1) is 16.4. The molecule has 0 saturated heterocycles. The molecule has 1 amide bonds. The molecule has 2 aromatic heterocycles. The van der Waals surface area contributed by atoms with Crippen LogP contribution in [0.15, 0.2) is 35.1 Å². The Labute approximate surface area is 200 Å². The molecule has 34 heavy (non-hydrogen) atoms. The van der Waals surface area contributed by atoms with Crippen LogP contribution >= 0.6 is 0 Å². The van der Waals surface area contributed by atoms with E-state index in [-0.39, 0.29) is 11.5 Å². The number of aromatic nitrogens is 4. The van der Waals surface area contributed by atoms with Gasteiger partial charge in [0.1, 0.15) is 11.6 Å². The zero-order chi connectivity index (χ0) is 24.2. The number of rotatable bonds is 8. The van der Waals surface area contributed by atoms with Gasteiger partial charge in [0.25, 0.3) is 5.56 Å². The number of aryl methyl sites for hydroxylation is 2. The van der Waals surface area contributed by atoms with Gasteiger partial charge in [-0.2, -0.15) is 10.2 Å². The van der Waals surface area contributed by atoms with E-state index >= 15 is 0 Å². The Bertz CT molecular complexity index is 1190. The minimum Gasteiger partial charge on any atom is -0.353 e. The average molecular weight is 465 g/mol. The summed E-state index contributed by atoms with van der Waals surface area (Å²) < 4.78 is 3.12. The molecule has 3 aromatic rings. The molecule has 1 aliphatic carbocycles. The third-order valence-corrected chi connectivity index (χ3v) is 7.09. The highest BCUT2D eigenvalue weighted by Gasteiger charge is 2.25. The first kappa shape index (κ1) is 24.1. The smallest absolute Gasteiger partial charge is 0.278 e. The number of fused-ring (bicyclic) bond motifs is 1. The van der Waals surface area contributed by atoms with Crippen molar-refractivity contribution < 1.29 is 4.79 Å². The summed E-state index contributed by atoms with van der Waals surface area (Å²) in [7, 11) is 2.13. The number of para-hydroxylation sites is 1. The molecule has 0 unspecified atom stereocenters. The Morgan fingerprint density at radius 2 is 1.85 bits per heavy atom. The molecule has 8 nitrogen and oxygen atoms in total. The second-order valence-corrected chi connectivity index (χ2v) is 9.38. The minimum absolute atomic E-state index is 0.166. The molecule has 2 heterocycles. The van der Waals surface area contributed by atoms with Crippen LogP contribution in [0.3, 0.4) is 0 Å². The van der Waals surface area contributed by atoms with Gasteiger partial charge in [-0.3, -0.25) is 9.59 Å². The molecule has 1 saturated carbocycles. The largest absolute Gasteiger partial charge is 0.353 e. The fourth-order valence-corrected chi connectivity index (χ4v) is 5.06. The fraction of sp³-hybridized carbons (Fsp3) is 0.538. The summed E-state index contributed by atoms with van der Waals surface area (Å²) in [5.41, 5.74) is 2.56. The van der Waals surface area contributed by atoms with Crippen LogP contribution in [0.4, 0.5) is 0 Å². The third-order valence-electron chi connectivity index (χ3n) is 7.09. The van der Waals surface area contributed by atoms with Gasteiger partial charge in [-0.1, -0.05) is 44.4 Å². The van der Waals surface area contributed by atoms with E-state index in [1.165, 1.54) is 36.8 Å². The number of hydrogen-bond donors (Lipinski definition) is 1. The van der Waals surface area contributed by atoms with Crippen molar-refractivity contribution in [3.05, 3.63) is 52.1 Å². The van der Waals surface area contributed by atoms with Crippen LogP contribution in [-0.4, -0.2) is 56.5 Å². The van der Waals surface area contributed by atoms with Gasteiger partial charge < -0.3 is 10.2 Å². The molecule has 1 fully saturated rings. The number of nitrogens with zero attached hydrogens (tertiary/aromatic N) is 5. The van der Waals surface area contributed by atoms with Crippen molar-refractivity contribution in [1.82, 2.24) is 29.8 Å². The number of carbonyl (C=O) groups is 1. The van der Waals surface area contributed by atoms with Gasteiger partial charge in [0.15, 0.2) is 0 Å². The van der Waals surface area contributed by atoms with E-state index in [9.17, 15) is 9.59 Å². The van der Waals surface area contributed by atoms with Crippen LogP contribution in [-0.2, 0) is 4.79 Å². The zero-order valence-corrected chi connectivity index (χ0v) is 20.8. The van der Waals surface area contributed by atoms with Crippen molar-refractivity contribution in [2.24, 2.45) is 0 Å². The molecule has 1 aliphatic rings. The Kier molecular flexibility index (Phi) is 7.46. The second-order valence-electron chi connectivity index (χ2n) is 9.38. The van der Waals surface area contributed by atoms with E-state index in [2.05, 4.69) is 27.5 Å².